The van der Waals surface area contributed by atoms with Gasteiger partial charge in [0.05, 0.1) is 15.1 Å². The Balaban J connectivity index is 1.75. The molecule has 1 fully saturated rings. The number of nitrogens with zero attached hydrogens (tertiary/aromatic N) is 1. The van der Waals surface area contributed by atoms with E-state index in [1.165, 1.54) is 11.8 Å². The zero-order chi connectivity index (χ0) is 19.4. The minimum atomic E-state index is -1.05. The van der Waals surface area contributed by atoms with E-state index in [1.807, 2.05) is 31.2 Å². The van der Waals surface area contributed by atoms with Crippen LogP contribution in [0.3, 0.4) is 0 Å². The first-order chi connectivity index (χ1) is 12.9. The molecule has 1 aliphatic heterocycles. The van der Waals surface area contributed by atoms with Gasteiger partial charge in [-0.3, -0.25) is 4.79 Å². The van der Waals surface area contributed by atoms with Crippen LogP contribution in [0.5, 0.6) is 5.75 Å². The van der Waals surface area contributed by atoms with E-state index in [1.54, 1.807) is 24.3 Å². The topological polar surface area (TPSA) is 88.0 Å². The third kappa shape index (κ3) is 5.21. The zero-order valence-corrected chi connectivity index (χ0v) is 16.6. The van der Waals surface area contributed by atoms with Crippen LogP contribution in [0.25, 0.3) is 6.08 Å². The Bertz CT molecular complexity index is 955. The van der Waals surface area contributed by atoms with Crippen molar-refractivity contribution in [1.29, 1.82) is 0 Å². The van der Waals surface area contributed by atoms with Gasteiger partial charge in [0.25, 0.3) is 5.91 Å². The standard InChI is InChI=1S/C19H15BrN2O4S/c1-11-2-5-13(6-3-11)21-19-22-18(25)16(27-19)9-12-4-7-15(14(20)8-12)26-10-17(23)24/h2-9H,10H2,1H3,(H,23,24)(H,21,22,25). The average molecular weight is 447 g/mol. The lowest BCUT2D eigenvalue weighted by Crippen LogP contribution is -2.19. The summed E-state index contributed by atoms with van der Waals surface area (Å²) in [4.78, 5) is 27.7. The number of hydrogen-bond donors (Lipinski definition) is 2. The molecular formula is C19H15BrN2O4S. The maximum Gasteiger partial charge on any atom is 0.341 e. The van der Waals surface area contributed by atoms with E-state index in [4.69, 9.17) is 9.84 Å². The van der Waals surface area contributed by atoms with Crippen molar-refractivity contribution in [3.63, 3.8) is 0 Å². The molecule has 1 aliphatic rings. The Kier molecular flexibility index (Phi) is 5.98. The largest absolute Gasteiger partial charge is 0.481 e. The van der Waals surface area contributed by atoms with Gasteiger partial charge in [0.1, 0.15) is 5.75 Å². The summed E-state index contributed by atoms with van der Waals surface area (Å²) in [5.74, 6) is -0.842. The second-order valence-electron chi connectivity index (χ2n) is 5.69. The maximum atomic E-state index is 12.2. The van der Waals surface area contributed by atoms with Gasteiger partial charge in [0, 0.05) is 0 Å². The third-order valence-electron chi connectivity index (χ3n) is 3.52. The number of benzene rings is 2. The minimum absolute atomic E-state index is 0.215. The van der Waals surface area contributed by atoms with E-state index >= 15 is 0 Å². The summed E-state index contributed by atoms with van der Waals surface area (Å²) in [7, 11) is 0. The summed E-state index contributed by atoms with van der Waals surface area (Å²) in [5, 5.41) is 11.9. The van der Waals surface area contributed by atoms with Crippen molar-refractivity contribution in [2.24, 2.45) is 4.99 Å². The van der Waals surface area contributed by atoms with Crippen LogP contribution < -0.4 is 10.1 Å². The first kappa shape index (κ1) is 19.2. The number of ether oxygens (including phenoxy) is 1. The fourth-order valence-corrected chi connectivity index (χ4v) is 3.58. The quantitative estimate of drug-likeness (QED) is 0.674. The normalized spacial score (nSPS) is 16.6. The van der Waals surface area contributed by atoms with Crippen molar-refractivity contribution in [2.45, 2.75) is 6.92 Å². The van der Waals surface area contributed by atoms with Gasteiger partial charge in [-0.2, -0.15) is 0 Å². The van der Waals surface area contributed by atoms with Crippen molar-refractivity contribution in [3.8, 4) is 5.75 Å². The highest BCUT2D eigenvalue weighted by atomic mass is 79.9. The molecule has 0 atom stereocenters. The fraction of sp³-hybridized carbons (Fsp3) is 0.105. The minimum Gasteiger partial charge on any atom is -0.481 e. The van der Waals surface area contributed by atoms with Crippen LogP contribution in [0.4, 0.5) is 5.69 Å². The number of hydrogen-bond acceptors (Lipinski definition) is 5. The Hall–Kier alpha value is -2.58. The number of amides is 1. The molecule has 0 unspecified atom stereocenters. The highest BCUT2D eigenvalue weighted by molar-refractivity contribution is 9.10. The van der Waals surface area contributed by atoms with Gasteiger partial charge in [-0.05, 0) is 70.5 Å². The molecule has 0 bridgehead atoms. The van der Waals surface area contributed by atoms with Crippen molar-refractivity contribution in [3.05, 3.63) is 63.0 Å². The van der Waals surface area contributed by atoms with Crippen LogP contribution in [0.15, 0.2) is 56.8 Å². The highest BCUT2D eigenvalue weighted by Gasteiger charge is 2.23. The number of amidine groups is 1. The zero-order valence-electron chi connectivity index (χ0n) is 14.2. The van der Waals surface area contributed by atoms with E-state index in [2.05, 4.69) is 26.2 Å². The van der Waals surface area contributed by atoms with Gasteiger partial charge in [-0.15, -0.1) is 0 Å². The van der Waals surface area contributed by atoms with Gasteiger partial charge in [0.2, 0.25) is 0 Å². The molecule has 0 saturated carbocycles. The molecule has 1 amide bonds. The molecule has 0 radical (unpaired) electrons. The first-order valence-electron chi connectivity index (χ1n) is 7.91. The van der Waals surface area contributed by atoms with Gasteiger partial charge < -0.3 is 15.2 Å². The summed E-state index contributed by atoms with van der Waals surface area (Å²) in [5.41, 5.74) is 2.69. The van der Waals surface area contributed by atoms with Crippen LogP contribution in [0.1, 0.15) is 11.1 Å². The number of carboxylic acid groups (broad SMARTS) is 1. The van der Waals surface area contributed by atoms with Crippen LogP contribution in [0, 0.1) is 6.92 Å². The van der Waals surface area contributed by atoms with Gasteiger partial charge in [-0.25, -0.2) is 9.79 Å². The number of aryl methyl sites for hydroxylation is 1. The van der Waals surface area contributed by atoms with E-state index in [0.29, 0.717) is 20.3 Å². The monoisotopic (exact) mass is 446 g/mol. The lowest BCUT2D eigenvalue weighted by atomic mass is 10.2. The summed E-state index contributed by atoms with van der Waals surface area (Å²) in [6.45, 7) is 1.58. The number of aliphatic carboxylic acids is 1. The van der Waals surface area contributed by atoms with Crippen LogP contribution in [0.2, 0.25) is 0 Å². The molecule has 6 nitrogen and oxygen atoms in total. The van der Waals surface area contributed by atoms with Crippen LogP contribution in [-0.4, -0.2) is 28.8 Å². The molecular weight excluding hydrogens is 432 g/mol. The molecule has 2 N–H and O–H groups in total. The number of carboxylic acids is 1. The number of halogens is 1. The Morgan fingerprint density at radius 1 is 1.30 bits per heavy atom. The predicted molar refractivity (Wildman–Crippen MR) is 109 cm³/mol. The predicted octanol–water partition coefficient (Wildman–Crippen LogP) is 4.11. The molecule has 1 heterocycles. The molecule has 2 aromatic carbocycles. The van der Waals surface area contributed by atoms with Crippen LogP contribution in [-0.2, 0) is 9.59 Å². The Morgan fingerprint density at radius 3 is 2.70 bits per heavy atom. The number of carbonyl (C=O) groups is 2. The van der Waals surface area contributed by atoms with Crippen molar-refractivity contribution >= 4 is 56.5 Å². The fourth-order valence-electron chi connectivity index (χ4n) is 2.23. The molecule has 27 heavy (non-hydrogen) atoms. The van der Waals surface area contributed by atoms with Crippen LogP contribution >= 0.6 is 27.7 Å². The molecule has 0 aliphatic carbocycles. The molecule has 2 aromatic rings. The molecule has 8 heteroatoms. The Labute approximate surface area is 168 Å². The third-order valence-corrected chi connectivity index (χ3v) is 5.05. The molecule has 1 saturated heterocycles. The number of carbonyl (C=O) groups excluding carboxylic acids is 1. The second-order valence-corrected chi connectivity index (χ2v) is 7.57. The molecule has 0 aromatic heterocycles. The van der Waals surface area contributed by atoms with E-state index in [9.17, 15) is 9.59 Å². The Morgan fingerprint density at radius 2 is 2.04 bits per heavy atom. The summed E-state index contributed by atoms with van der Waals surface area (Å²) in [6, 6.07) is 12.9. The van der Waals surface area contributed by atoms with Gasteiger partial charge in [0.15, 0.2) is 11.8 Å². The SMILES string of the molecule is Cc1ccc(N=C2NC(=O)C(=Cc3ccc(OCC(=O)O)c(Br)c3)S2)cc1. The van der Waals surface area contributed by atoms with Gasteiger partial charge >= 0.3 is 5.97 Å². The second kappa shape index (κ2) is 8.41. The first-order valence-corrected chi connectivity index (χ1v) is 9.52. The van der Waals surface area contributed by atoms with E-state index < -0.39 is 12.6 Å². The van der Waals surface area contributed by atoms with Crippen molar-refractivity contribution < 1.29 is 19.4 Å². The molecule has 138 valence electrons. The summed E-state index contributed by atoms with van der Waals surface area (Å²) < 4.78 is 5.77. The number of thioether (sulfide) groups is 1. The van der Waals surface area contributed by atoms with E-state index in [0.717, 1.165) is 16.8 Å². The smallest absolute Gasteiger partial charge is 0.341 e. The number of aliphatic imine (C=N–C) groups is 1. The highest BCUT2D eigenvalue weighted by Crippen LogP contribution is 2.31. The van der Waals surface area contributed by atoms with Crippen molar-refractivity contribution in [1.82, 2.24) is 5.32 Å². The van der Waals surface area contributed by atoms with E-state index in [-0.39, 0.29) is 5.91 Å². The number of rotatable bonds is 5. The van der Waals surface area contributed by atoms with Crippen molar-refractivity contribution in [2.75, 3.05) is 6.61 Å². The average Bonchev–Trinajstić information content (AvgIpc) is 2.95. The lowest BCUT2D eigenvalue weighted by Gasteiger charge is -2.06. The summed E-state index contributed by atoms with van der Waals surface area (Å²) >= 11 is 4.61. The number of nitrogens with one attached hydrogen (secondary N) is 1. The maximum absolute atomic E-state index is 12.2. The molecule has 0 spiro atoms. The molecule has 3 rings (SSSR count). The lowest BCUT2D eigenvalue weighted by molar-refractivity contribution is -0.139. The van der Waals surface area contributed by atoms with Gasteiger partial charge in [-0.1, -0.05) is 23.8 Å². The summed E-state index contributed by atoms with van der Waals surface area (Å²) in [6.07, 6.45) is 1.74.